The molecule has 1 nitrogen and oxygen atoms in total. The Morgan fingerprint density at radius 1 is 1.27 bits per heavy atom. The quantitative estimate of drug-likeness (QED) is 0.772. The number of para-hydroxylation sites is 1. The molecule has 0 aliphatic carbocycles. The molecule has 76 valence electrons. The van der Waals surface area contributed by atoms with E-state index >= 15 is 0 Å². The van der Waals surface area contributed by atoms with Crippen molar-refractivity contribution in [3.8, 4) is 0 Å². The molecule has 0 radical (unpaired) electrons. The summed E-state index contributed by atoms with van der Waals surface area (Å²) < 4.78 is 0. The van der Waals surface area contributed by atoms with Gasteiger partial charge in [0.25, 0.3) is 0 Å². The molecule has 0 aliphatic rings. The maximum Gasteiger partial charge on any atom is 0.0702 e. The molecule has 0 saturated heterocycles. The fourth-order valence-corrected chi connectivity index (χ4v) is 1.62. The molecule has 0 amide bonds. The lowest BCUT2D eigenvalue weighted by molar-refractivity contribution is 1.26. The first-order valence-electron chi connectivity index (χ1n) is 5.02. The minimum Gasteiger partial charge on any atom is -0.256 e. The fraction of sp³-hybridized carbons (Fsp3) is 0.154. The van der Waals surface area contributed by atoms with Crippen molar-refractivity contribution in [2.24, 2.45) is 0 Å². The zero-order valence-electron chi connectivity index (χ0n) is 8.43. The van der Waals surface area contributed by atoms with Crippen molar-refractivity contribution >= 4 is 29.6 Å². The summed E-state index contributed by atoms with van der Waals surface area (Å²) in [6, 6.07) is 10.3. The Balaban J connectivity index is 2.30. The van der Waals surface area contributed by atoms with Crippen LogP contribution in [0.3, 0.4) is 0 Å². The lowest BCUT2D eigenvalue weighted by atomic mass is 10.1. The molecule has 0 aliphatic heterocycles. The van der Waals surface area contributed by atoms with Crippen LogP contribution in [-0.2, 0) is 0 Å². The van der Waals surface area contributed by atoms with Crippen molar-refractivity contribution in [3.05, 3.63) is 48.2 Å². The van der Waals surface area contributed by atoms with E-state index in [1.807, 2.05) is 24.4 Å². The van der Waals surface area contributed by atoms with Crippen LogP contribution in [0.2, 0.25) is 0 Å². The molecule has 0 fully saturated rings. The van der Waals surface area contributed by atoms with Gasteiger partial charge in [0.15, 0.2) is 0 Å². The Bertz CT molecular complexity index is 477. The van der Waals surface area contributed by atoms with Crippen LogP contribution >= 0.6 is 12.6 Å². The molecule has 1 aromatic heterocycles. The van der Waals surface area contributed by atoms with E-state index in [4.69, 9.17) is 0 Å². The number of nitrogens with zero attached hydrogens (tertiary/aromatic N) is 1. The van der Waals surface area contributed by atoms with Crippen LogP contribution in [0.25, 0.3) is 17.0 Å². The van der Waals surface area contributed by atoms with E-state index in [2.05, 4.69) is 41.9 Å². The minimum absolute atomic E-state index is 0.886. The first kappa shape index (κ1) is 10.2. The smallest absolute Gasteiger partial charge is 0.0702 e. The molecule has 1 heterocycles. The zero-order valence-corrected chi connectivity index (χ0v) is 9.32. The van der Waals surface area contributed by atoms with Gasteiger partial charge in [-0.25, -0.2) is 0 Å². The second kappa shape index (κ2) is 4.99. The fourth-order valence-electron chi connectivity index (χ4n) is 1.47. The van der Waals surface area contributed by atoms with E-state index in [9.17, 15) is 0 Å². The largest absolute Gasteiger partial charge is 0.256 e. The number of pyridine rings is 1. The molecule has 0 N–H and O–H groups in total. The van der Waals surface area contributed by atoms with Crippen molar-refractivity contribution in [3.63, 3.8) is 0 Å². The summed E-state index contributed by atoms with van der Waals surface area (Å²) in [5.74, 6) is 0.886. The van der Waals surface area contributed by atoms with Gasteiger partial charge in [-0.3, -0.25) is 4.98 Å². The van der Waals surface area contributed by atoms with Crippen LogP contribution in [-0.4, -0.2) is 10.7 Å². The normalized spacial score (nSPS) is 11.3. The number of hydrogen-bond donors (Lipinski definition) is 1. The van der Waals surface area contributed by atoms with E-state index in [-0.39, 0.29) is 0 Å². The highest BCUT2D eigenvalue weighted by Crippen LogP contribution is 2.13. The molecule has 0 spiro atoms. The molecule has 0 bridgehead atoms. The number of thiol groups is 1. The Labute approximate surface area is 95.3 Å². The van der Waals surface area contributed by atoms with Gasteiger partial charge in [0.05, 0.1) is 5.52 Å². The van der Waals surface area contributed by atoms with Gasteiger partial charge >= 0.3 is 0 Å². The topological polar surface area (TPSA) is 12.9 Å². The van der Waals surface area contributed by atoms with Crippen molar-refractivity contribution < 1.29 is 0 Å². The maximum absolute atomic E-state index is 4.39. The molecule has 2 heteroatoms. The van der Waals surface area contributed by atoms with Crippen molar-refractivity contribution in [1.82, 2.24) is 4.98 Å². The van der Waals surface area contributed by atoms with Gasteiger partial charge in [0.1, 0.15) is 0 Å². The summed E-state index contributed by atoms with van der Waals surface area (Å²) in [6.07, 6.45) is 7.11. The standard InChI is InChI=1S/C13H13NS/c15-8-4-3-5-11-9-12-6-1-2-7-13(12)14-10-11/h1-3,5-7,9-10,15H,4,8H2. The predicted molar refractivity (Wildman–Crippen MR) is 69.2 cm³/mol. The highest BCUT2D eigenvalue weighted by Gasteiger charge is 1.93. The average Bonchev–Trinajstić information content (AvgIpc) is 2.29. The van der Waals surface area contributed by atoms with Gasteiger partial charge in [-0.1, -0.05) is 30.4 Å². The summed E-state index contributed by atoms with van der Waals surface area (Å²) in [7, 11) is 0. The Hall–Kier alpha value is -1.28. The van der Waals surface area contributed by atoms with Gasteiger partial charge in [-0.2, -0.15) is 12.6 Å². The highest BCUT2D eigenvalue weighted by atomic mass is 32.1. The van der Waals surface area contributed by atoms with E-state index in [1.165, 1.54) is 5.39 Å². The van der Waals surface area contributed by atoms with Crippen LogP contribution in [0.4, 0.5) is 0 Å². The summed E-state index contributed by atoms with van der Waals surface area (Å²) in [5.41, 5.74) is 2.19. The van der Waals surface area contributed by atoms with Crippen molar-refractivity contribution in [2.75, 3.05) is 5.75 Å². The molecule has 2 rings (SSSR count). The molecule has 1 aromatic carbocycles. The van der Waals surface area contributed by atoms with E-state index in [0.717, 1.165) is 23.3 Å². The number of rotatable bonds is 3. The third-order valence-corrected chi connectivity index (χ3v) is 2.48. The molecule has 0 unspecified atom stereocenters. The van der Waals surface area contributed by atoms with Crippen molar-refractivity contribution in [1.29, 1.82) is 0 Å². The summed E-state index contributed by atoms with van der Waals surface area (Å²) in [6.45, 7) is 0. The van der Waals surface area contributed by atoms with Gasteiger partial charge in [-0.05, 0) is 29.9 Å². The van der Waals surface area contributed by atoms with Crippen LogP contribution in [0.15, 0.2) is 42.6 Å². The second-order valence-electron chi connectivity index (χ2n) is 3.38. The number of hydrogen-bond acceptors (Lipinski definition) is 2. The van der Waals surface area contributed by atoms with E-state index in [0.29, 0.717) is 0 Å². The SMILES string of the molecule is SCCC=Cc1cnc2ccccc2c1. The van der Waals surface area contributed by atoms with Gasteiger partial charge in [0.2, 0.25) is 0 Å². The predicted octanol–water partition coefficient (Wildman–Crippen LogP) is 3.57. The Morgan fingerprint density at radius 2 is 2.13 bits per heavy atom. The molecule has 15 heavy (non-hydrogen) atoms. The van der Waals surface area contributed by atoms with Gasteiger partial charge in [0, 0.05) is 11.6 Å². The minimum atomic E-state index is 0.886. The molecule has 0 atom stereocenters. The first-order chi connectivity index (χ1) is 7.40. The monoisotopic (exact) mass is 215 g/mol. The van der Waals surface area contributed by atoms with Crippen LogP contribution < -0.4 is 0 Å². The highest BCUT2D eigenvalue weighted by molar-refractivity contribution is 7.80. The number of benzene rings is 1. The molecule has 2 aromatic rings. The van der Waals surface area contributed by atoms with Crippen molar-refractivity contribution in [2.45, 2.75) is 6.42 Å². The Morgan fingerprint density at radius 3 is 3.00 bits per heavy atom. The van der Waals surface area contributed by atoms with Gasteiger partial charge < -0.3 is 0 Å². The lowest BCUT2D eigenvalue weighted by Crippen LogP contribution is -1.80. The third-order valence-electron chi connectivity index (χ3n) is 2.22. The van der Waals surface area contributed by atoms with Gasteiger partial charge in [-0.15, -0.1) is 0 Å². The van der Waals surface area contributed by atoms with Crippen LogP contribution in [0.5, 0.6) is 0 Å². The van der Waals surface area contributed by atoms with Crippen LogP contribution in [0.1, 0.15) is 12.0 Å². The lowest BCUT2D eigenvalue weighted by Gasteiger charge is -1.97. The maximum atomic E-state index is 4.39. The molecular weight excluding hydrogens is 202 g/mol. The number of aromatic nitrogens is 1. The summed E-state index contributed by atoms with van der Waals surface area (Å²) >= 11 is 4.16. The summed E-state index contributed by atoms with van der Waals surface area (Å²) in [5, 5.41) is 1.19. The number of fused-ring (bicyclic) bond motifs is 1. The summed E-state index contributed by atoms with van der Waals surface area (Å²) in [4.78, 5) is 4.39. The Kier molecular flexibility index (Phi) is 3.41. The van der Waals surface area contributed by atoms with E-state index < -0.39 is 0 Å². The first-order valence-corrected chi connectivity index (χ1v) is 5.65. The molecule has 0 saturated carbocycles. The average molecular weight is 215 g/mol. The zero-order chi connectivity index (χ0) is 10.5. The van der Waals surface area contributed by atoms with Crippen LogP contribution in [0, 0.1) is 0 Å². The third kappa shape index (κ3) is 2.60. The van der Waals surface area contributed by atoms with E-state index in [1.54, 1.807) is 0 Å². The molecular formula is C13H13NS. The second-order valence-corrected chi connectivity index (χ2v) is 3.82. The number of allylic oxidation sites excluding steroid dienone is 1.